The highest BCUT2D eigenvalue weighted by atomic mass is 16.5. The quantitative estimate of drug-likeness (QED) is 0.728. The molecule has 1 aromatic carbocycles. The summed E-state index contributed by atoms with van der Waals surface area (Å²) in [6.07, 6.45) is 0.724. The van der Waals surface area contributed by atoms with Gasteiger partial charge in [-0.05, 0) is 25.8 Å². The average Bonchev–Trinajstić information content (AvgIpc) is 2.88. The highest BCUT2D eigenvalue weighted by Crippen LogP contribution is 2.11. The molecule has 0 spiro atoms. The molecular weight excluding hydrogens is 294 g/mol. The molecule has 1 heterocycles. The normalized spacial score (nSPS) is 12.0. The van der Waals surface area contributed by atoms with Crippen LogP contribution in [0.2, 0.25) is 0 Å². The number of aliphatic hydroxyl groups excluding tert-OH is 1. The summed E-state index contributed by atoms with van der Waals surface area (Å²) in [5, 5.41) is 18.9. The number of amides is 2. The largest absolute Gasteiger partial charge is 0.396 e. The molecule has 1 atom stereocenters. The van der Waals surface area contributed by atoms with E-state index < -0.39 is 0 Å². The summed E-state index contributed by atoms with van der Waals surface area (Å²) in [7, 11) is 0. The van der Waals surface area contributed by atoms with Crippen molar-refractivity contribution in [2.45, 2.75) is 26.8 Å². The second-order valence-electron chi connectivity index (χ2n) is 5.60. The van der Waals surface area contributed by atoms with Gasteiger partial charge in [0.1, 0.15) is 5.76 Å². The number of aromatic nitrogens is 1. The summed E-state index contributed by atoms with van der Waals surface area (Å²) in [4.78, 5) is 11.9. The van der Waals surface area contributed by atoms with Crippen LogP contribution in [0.4, 0.5) is 4.79 Å². The van der Waals surface area contributed by atoms with Crippen LogP contribution in [-0.2, 0) is 13.0 Å². The zero-order valence-electron chi connectivity index (χ0n) is 13.5. The van der Waals surface area contributed by atoms with Crippen molar-refractivity contribution in [2.24, 2.45) is 5.92 Å². The van der Waals surface area contributed by atoms with Crippen molar-refractivity contribution in [2.75, 3.05) is 13.2 Å². The third-order valence-electron chi connectivity index (χ3n) is 3.78. The minimum Gasteiger partial charge on any atom is -0.396 e. The fourth-order valence-electron chi connectivity index (χ4n) is 2.37. The Balaban J connectivity index is 1.76. The Morgan fingerprint density at radius 3 is 2.61 bits per heavy atom. The maximum Gasteiger partial charge on any atom is 0.315 e. The maximum atomic E-state index is 11.9. The molecule has 6 heteroatoms. The number of carbonyl (C=O) groups is 1. The van der Waals surface area contributed by atoms with E-state index in [1.54, 1.807) is 0 Å². The van der Waals surface area contributed by atoms with Crippen molar-refractivity contribution < 1.29 is 14.4 Å². The van der Waals surface area contributed by atoms with Crippen LogP contribution in [0.5, 0.6) is 0 Å². The van der Waals surface area contributed by atoms with E-state index in [2.05, 4.69) is 15.8 Å². The van der Waals surface area contributed by atoms with Crippen LogP contribution in [0.3, 0.4) is 0 Å². The molecule has 0 unspecified atom stereocenters. The standard InChI is InChI=1S/C17H23N3O3/c1-12-16(13(2)23-20-12)10-19-17(22)18-9-15(11-21)8-14-6-4-3-5-7-14/h3-7,15,21H,8-11H2,1-2H3,(H2,18,19,22)/t15-/m0/s1. The minimum atomic E-state index is -0.267. The Labute approximate surface area is 135 Å². The Hall–Kier alpha value is -2.34. The molecule has 2 amide bonds. The van der Waals surface area contributed by atoms with Crippen LogP contribution in [0.25, 0.3) is 0 Å². The van der Waals surface area contributed by atoms with Crippen LogP contribution in [0.15, 0.2) is 34.9 Å². The van der Waals surface area contributed by atoms with Gasteiger partial charge in [0.15, 0.2) is 0 Å². The minimum absolute atomic E-state index is 0.0118. The fraction of sp³-hybridized carbons (Fsp3) is 0.412. The van der Waals surface area contributed by atoms with E-state index in [4.69, 9.17) is 4.52 Å². The Kier molecular flexibility index (Phi) is 6.17. The SMILES string of the molecule is Cc1noc(C)c1CNC(=O)NC[C@@H](CO)Cc1ccccc1. The number of aryl methyl sites for hydroxylation is 2. The van der Waals surface area contributed by atoms with Crippen LogP contribution in [0, 0.1) is 19.8 Å². The molecule has 0 aliphatic heterocycles. The molecule has 0 bridgehead atoms. The van der Waals surface area contributed by atoms with Gasteiger partial charge in [-0.15, -0.1) is 0 Å². The molecule has 124 valence electrons. The number of urea groups is 1. The highest BCUT2D eigenvalue weighted by Gasteiger charge is 2.12. The van der Waals surface area contributed by atoms with Crippen LogP contribution >= 0.6 is 0 Å². The van der Waals surface area contributed by atoms with Gasteiger partial charge in [-0.25, -0.2) is 4.79 Å². The molecule has 6 nitrogen and oxygen atoms in total. The van der Waals surface area contributed by atoms with Gasteiger partial charge in [-0.2, -0.15) is 0 Å². The van der Waals surface area contributed by atoms with Crippen LogP contribution in [0.1, 0.15) is 22.6 Å². The van der Waals surface area contributed by atoms with Gasteiger partial charge in [-0.3, -0.25) is 0 Å². The lowest BCUT2D eigenvalue weighted by molar-refractivity contribution is 0.214. The number of hydrogen-bond acceptors (Lipinski definition) is 4. The topological polar surface area (TPSA) is 87.4 Å². The van der Waals surface area contributed by atoms with Gasteiger partial charge in [0.25, 0.3) is 0 Å². The van der Waals surface area contributed by atoms with E-state index >= 15 is 0 Å². The molecule has 0 saturated heterocycles. The molecule has 0 fully saturated rings. The number of hydrogen-bond donors (Lipinski definition) is 3. The van der Waals surface area contributed by atoms with E-state index in [-0.39, 0.29) is 18.6 Å². The third-order valence-corrected chi connectivity index (χ3v) is 3.78. The number of rotatable bonds is 7. The second-order valence-corrected chi connectivity index (χ2v) is 5.60. The van der Waals surface area contributed by atoms with Gasteiger partial charge < -0.3 is 20.3 Å². The predicted octanol–water partition coefficient (Wildman–Crippen LogP) is 1.94. The lowest BCUT2D eigenvalue weighted by atomic mass is 10.0. The van der Waals surface area contributed by atoms with Crippen molar-refractivity contribution >= 4 is 6.03 Å². The second kappa shape index (κ2) is 8.33. The van der Waals surface area contributed by atoms with Crippen LogP contribution in [-0.4, -0.2) is 29.4 Å². The third kappa shape index (κ3) is 5.10. The summed E-state index contributed by atoms with van der Waals surface area (Å²) in [5.74, 6) is 0.697. The molecule has 2 rings (SSSR count). The zero-order valence-corrected chi connectivity index (χ0v) is 13.5. The van der Waals surface area contributed by atoms with E-state index in [1.807, 2.05) is 44.2 Å². The first kappa shape index (κ1) is 17.0. The number of benzene rings is 1. The Morgan fingerprint density at radius 2 is 2.00 bits per heavy atom. The molecular formula is C17H23N3O3. The average molecular weight is 317 g/mol. The van der Waals surface area contributed by atoms with Crippen LogP contribution < -0.4 is 10.6 Å². The molecule has 2 aromatic rings. The zero-order chi connectivity index (χ0) is 16.7. The van der Waals surface area contributed by atoms with Crippen molar-refractivity contribution in [3.05, 3.63) is 52.9 Å². The Morgan fingerprint density at radius 1 is 1.26 bits per heavy atom. The first-order chi connectivity index (χ1) is 11.1. The monoisotopic (exact) mass is 317 g/mol. The van der Waals surface area contributed by atoms with Gasteiger partial charge >= 0.3 is 6.03 Å². The molecule has 1 aromatic heterocycles. The highest BCUT2D eigenvalue weighted by molar-refractivity contribution is 5.73. The Bertz CT molecular complexity index is 606. The molecule has 0 aliphatic carbocycles. The first-order valence-corrected chi connectivity index (χ1v) is 7.68. The maximum absolute atomic E-state index is 11.9. The van der Waals surface area contributed by atoms with E-state index in [1.165, 1.54) is 0 Å². The number of aliphatic hydroxyl groups is 1. The van der Waals surface area contributed by atoms with Gasteiger partial charge in [0.05, 0.1) is 5.69 Å². The van der Waals surface area contributed by atoms with Gasteiger partial charge in [0, 0.05) is 31.2 Å². The summed E-state index contributed by atoms with van der Waals surface area (Å²) < 4.78 is 5.05. The number of nitrogens with zero attached hydrogens (tertiary/aromatic N) is 1. The van der Waals surface area contributed by atoms with Gasteiger partial charge in [0.2, 0.25) is 0 Å². The summed E-state index contributed by atoms with van der Waals surface area (Å²) in [5.41, 5.74) is 2.81. The molecule has 23 heavy (non-hydrogen) atoms. The fourth-order valence-corrected chi connectivity index (χ4v) is 2.37. The lowest BCUT2D eigenvalue weighted by Gasteiger charge is -2.15. The number of nitrogens with one attached hydrogen (secondary N) is 2. The molecule has 0 aliphatic rings. The first-order valence-electron chi connectivity index (χ1n) is 7.68. The molecule has 3 N–H and O–H groups in total. The van der Waals surface area contributed by atoms with Crippen molar-refractivity contribution in [3.8, 4) is 0 Å². The van der Waals surface area contributed by atoms with Gasteiger partial charge in [-0.1, -0.05) is 35.5 Å². The molecule has 0 saturated carbocycles. The summed E-state index contributed by atoms with van der Waals surface area (Å²) in [6, 6.07) is 9.65. The van der Waals surface area contributed by atoms with E-state index in [9.17, 15) is 9.90 Å². The summed E-state index contributed by atoms with van der Waals surface area (Å²) in [6.45, 7) is 4.47. The number of carbonyl (C=O) groups excluding carboxylic acids is 1. The molecule has 0 radical (unpaired) electrons. The van der Waals surface area contributed by atoms with Crippen molar-refractivity contribution in [3.63, 3.8) is 0 Å². The van der Waals surface area contributed by atoms with E-state index in [0.29, 0.717) is 18.8 Å². The predicted molar refractivity (Wildman–Crippen MR) is 86.9 cm³/mol. The summed E-state index contributed by atoms with van der Waals surface area (Å²) >= 11 is 0. The lowest BCUT2D eigenvalue weighted by Crippen LogP contribution is -2.39. The smallest absolute Gasteiger partial charge is 0.315 e. The van der Waals surface area contributed by atoms with Crippen molar-refractivity contribution in [1.82, 2.24) is 15.8 Å². The van der Waals surface area contributed by atoms with E-state index in [0.717, 1.165) is 23.2 Å². The van der Waals surface area contributed by atoms with Crippen molar-refractivity contribution in [1.29, 1.82) is 0 Å².